The van der Waals surface area contributed by atoms with Gasteiger partial charge in [0.25, 0.3) is 0 Å². The van der Waals surface area contributed by atoms with E-state index in [0.717, 1.165) is 54.2 Å². The number of carbonyl (C=O) groups excluding carboxylic acids is 2. The summed E-state index contributed by atoms with van der Waals surface area (Å²) in [6, 6.07) is 73.6. The van der Waals surface area contributed by atoms with Crippen molar-refractivity contribution in [3.8, 4) is 65.6 Å². The molecule has 7 heterocycles. The van der Waals surface area contributed by atoms with E-state index in [2.05, 4.69) is 161 Å². The molecular weight excluding hydrogens is 1390 g/mol. The highest BCUT2D eigenvalue weighted by Crippen LogP contribution is 2.67. The molecule has 102 heavy (non-hydrogen) atoms. The van der Waals surface area contributed by atoms with Gasteiger partial charge in [-0.1, -0.05) is 219 Å². The average molecular weight is 1440 g/mol. The third kappa shape index (κ3) is 8.97. The van der Waals surface area contributed by atoms with Crippen molar-refractivity contribution >= 4 is 147 Å². The van der Waals surface area contributed by atoms with Gasteiger partial charge in [-0.2, -0.15) is 21.0 Å². The van der Waals surface area contributed by atoms with Crippen molar-refractivity contribution in [2.24, 2.45) is 0 Å². The van der Waals surface area contributed by atoms with Crippen molar-refractivity contribution in [2.75, 3.05) is 0 Å². The fourth-order valence-corrected chi connectivity index (χ4v) is 23.7. The summed E-state index contributed by atoms with van der Waals surface area (Å²) in [4.78, 5) is 54.6. The molecule has 0 fully saturated rings. The maximum atomic E-state index is 13.9. The normalized spacial score (nSPS) is 15.1. The van der Waals surface area contributed by atoms with Crippen molar-refractivity contribution in [1.82, 2.24) is 19.9 Å². The maximum Gasteiger partial charge on any atom is 0.194 e. The van der Waals surface area contributed by atoms with Crippen LogP contribution in [-0.4, -0.2) is 31.5 Å². The Kier molecular flexibility index (Phi) is 14.0. The molecule has 4 aliphatic rings. The number of hydrogen-bond acceptors (Lipinski definition) is 17. The van der Waals surface area contributed by atoms with E-state index in [1.54, 1.807) is 88.6 Å². The number of Topliss-reactive ketones (excluding diaryl/α,β-unsaturated/α-hetero) is 2. The summed E-state index contributed by atoms with van der Waals surface area (Å²) in [5, 5.41) is 44.1. The topological polar surface area (TPSA) is 181 Å². The molecule has 0 aliphatic heterocycles. The van der Waals surface area contributed by atoms with Gasteiger partial charge in [0.1, 0.15) is 55.5 Å². The summed E-state index contributed by atoms with van der Waals surface area (Å²) >= 11 is 11.3. The van der Waals surface area contributed by atoms with Gasteiger partial charge in [0.05, 0.1) is 25.3 Å². The Morgan fingerprint density at radius 2 is 0.882 bits per heavy atom. The number of ketones is 2. The Morgan fingerprint density at radius 1 is 0.422 bits per heavy atom. The predicted molar refractivity (Wildman–Crippen MR) is 415 cm³/mol. The van der Waals surface area contributed by atoms with Gasteiger partial charge in [0, 0.05) is 59.7 Å². The highest BCUT2D eigenvalue weighted by molar-refractivity contribution is 7.34. The third-order valence-electron chi connectivity index (χ3n) is 20.3. The van der Waals surface area contributed by atoms with Crippen LogP contribution in [0.4, 0.5) is 0 Å². The number of aromatic nitrogens is 4. The van der Waals surface area contributed by atoms with Crippen LogP contribution >= 0.6 is 79.4 Å². The van der Waals surface area contributed by atoms with Gasteiger partial charge in [0.15, 0.2) is 30.9 Å². The monoisotopic (exact) mass is 1430 g/mol. The zero-order chi connectivity index (χ0) is 69.2. The Hall–Kier alpha value is -11.3. The molecular formula is C85H46N8O2S7. The third-order valence-corrected chi connectivity index (χ3v) is 28.2. The van der Waals surface area contributed by atoms with E-state index in [-0.39, 0.29) is 28.3 Å². The molecule has 0 saturated heterocycles. The van der Waals surface area contributed by atoms with E-state index in [0.29, 0.717) is 50.4 Å². The Morgan fingerprint density at radius 3 is 1.43 bits per heavy atom. The molecule has 15 aromatic rings. The molecule has 0 radical (unpaired) electrons. The minimum atomic E-state index is -0.762. The molecule has 19 rings (SSSR count). The summed E-state index contributed by atoms with van der Waals surface area (Å²) in [5.74, 6) is -0.452. The van der Waals surface area contributed by atoms with E-state index < -0.39 is 10.8 Å². The summed E-state index contributed by atoms with van der Waals surface area (Å²) in [6.45, 7) is 8.62. The van der Waals surface area contributed by atoms with Crippen LogP contribution in [0.3, 0.4) is 0 Å². The van der Waals surface area contributed by atoms with Gasteiger partial charge in [-0.25, -0.2) is 19.9 Å². The number of aryl methyl sites for hydroxylation is 4. The molecule has 0 bridgehead atoms. The van der Waals surface area contributed by atoms with Crippen LogP contribution in [0.1, 0.15) is 109 Å². The standard InChI is InChI=1S/C85H46N8O2S7/c1-42-13-21-49(22-14-42)84(50-23-15-43(2)16-24-50)62-34-60-63(33-59(62)58-31-46-32-67(96-65(46)36-64(58)84)78-92-83-81(101-78)91-70(100-83)35-61-72(48(40-88)41-89)54-10-6-8-12-56(54)75(61)95)85(51-25-17-44(3)18-26-51,52-27-19-45(4)20-28-52)73-76(60)97-66-37-68(98-77(66)73)79-93-82-80(102-79)90-69(99-82)30-29-57-71(47(38-86)39-87)53-9-5-7-11-55(53)74(57)94/h5-29,31-37H,30H2,1-4H3/b57-29-,61-35-. The lowest BCUT2D eigenvalue weighted by Crippen LogP contribution is -2.30. The molecule has 10 nitrogen and oxygen atoms in total. The van der Waals surface area contributed by atoms with Gasteiger partial charge in [-0.05, 0) is 142 Å². The van der Waals surface area contributed by atoms with Crippen molar-refractivity contribution in [1.29, 1.82) is 21.0 Å². The molecule has 0 N–H and O–H groups in total. The number of thiophene rings is 3. The second kappa shape index (κ2) is 23.1. The molecule has 0 spiro atoms. The van der Waals surface area contributed by atoms with E-state index in [1.807, 2.05) is 41.7 Å². The van der Waals surface area contributed by atoms with Crippen molar-refractivity contribution in [3.05, 3.63) is 309 Å². The van der Waals surface area contributed by atoms with Crippen LogP contribution in [0, 0.1) is 73.0 Å². The van der Waals surface area contributed by atoms with E-state index in [1.165, 1.54) is 132 Å². The van der Waals surface area contributed by atoms with Crippen LogP contribution in [0.5, 0.6) is 0 Å². The number of thiazole rings is 4. The lowest BCUT2D eigenvalue weighted by molar-refractivity contribution is 0.103. The highest BCUT2D eigenvalue weighted by atomic mass is 32.1. The number of fused-ring (bicyclic) bond motifs is 13. The van der Waals surface area contributed by atoms with Crippen LogP contribution in [0.15, 0.2) is 210 Å². The second-order valence-electron chi connectivity index (χ2n) is 26.1. The highest BCUT2D eigenvalue weighted by Gasteiger charge is 2.53. The summed E-state index contributed by atoms with van der Waals surface area (Å²) < 4.78 is 3.54. The second-order valence-corrected chi connectivity index (χ2v) is 33.3. The average Bonchev–Trinajstić information content (AvgIpc) is 1.49. The molecule has 0 atom stereocenters. The molecule has 480 valence electrons. The molecule has 7 aromatic heterocycles. The first-order valence-corrected chi connectivity index (χ1v) is 38.4. The Balaban J connectivity index is 0.767. The quantitative estimate of drug-likeness (QED) is 0.0996. The Labute approximate surface area is 612 Å². The summed E-state index contributed by atoms with van der Waals surface area (Å²) in [6.07, 6.45) is 3.84. The van der Waals surface area contributed by atoms with Crippen molar-refractivity contribution in [2.45, 2.75) is 44.9 Å². The van der Waals surface area contributed by atoms with Gasteiger partial charge >= 0.3 is 0 Å². The first kappa shape index (κ1) is 61.7. The van der Waals surface area contributed by atoms with Gasteiger partial charge < -0.3 is 0 Å². The number of hydrogen-bond donors (Lipinski definition) is 0. The van der Waals surface area contributed by atoms with Crippen LogP contribution in [0.2, 0.25) is 0 Å². The van der Waals surface area contributed by atoms with Crippen LogP contribution < -0.4 is 0 Å². The summed E-state index contributed by atoms with van der Waals surface area (Å²) in [5.41, 5.74) is 19.7. The fraction of sp³-hybridized carbons (Fsp3) is 0.0824. The largest absolute Gasteiger partial charge is 0.289 e. The molecule has 0 unspecified atom stereocenters. The fourth-order valence-electron chi connectivity index (χ4n) is 15.7. The number of allylic oxidation sites excluding steroid dienone is 7. The number of benzene rings is 8. The lowest BCUT2D eigenvalue weighted by atomic mass is 9.65. The van der Waals surface area contributed by atoms with Crippen LogP contribution in [-0.2, 0) is 17.3 Å². The number of nitriles is 4. The molecule has 0 saturated carbocycles. The lowest BCUT2D eigenvalue weighted by Gasteiger charge is -2.35. The zero-order valence-corrected chi connectivity index (χ0v) is 60.1. The van der Waals surface area contributed by atoms with E-state index in [9.17, 15) is 30.6 Å². The van der Waals surface area contributed by atoms with Gasteiger partial charge in [0.2, 0.25) is 0 Å². The molecule has 17 heteroatoms. The van der Waals surface area contributed by atoms with Crippen LogP contribution in [0.25, 0.3) is 97.4 Å². The molecule has 0 amide bonds. The van der Waals surface area contributed by atoms with E-state index >= 15 is 0 Å². The minimum Gasteiger partial charge on any atom is -0.289 e. The number of rotatable bonds is 9. The SMILES string of the molecule is Cc1ccc(C2(c3ccc(C)cc3)c3cc4c(cc3-c3cc5cc(-c6nc7sc(/C=C8\C(=O)c9ccccc9C8=C(C#N)C#N)nc7s6)sc5cc32)C(c2ccc(C)cc2)(c2ccc(C)cc2)c2c-4sc3cc(-c4nc5sc(C/C=C6\C(=O)c7ccccc7C6=C(C#N)C#N)nc5s4)sc23)cc1. The molecule has 8 aromatic carbocycles. The van der Waals surface area contributed by atoms with Gasteiger partial charge in [-0.3, -0.25) is 9.59 Å². The van der Waals surface area contributed by atoms with E-state index in [4.69, 9.17) is 19.9 Å². The molecule has 4 aliphatic carbocycles. The minimum absolute atomic E-state index is 0.0902. The first-order valence-electron chi connectivity index (χ1n) is 32.7. The first-order chi connectivity index (χ1) is 49.7. The maximum absolute atomic E-state index is 13.9. The number of carbonyl (C=O) groups is 2. The van der Waals surface area contributed by atoms with Crippen molar-refractivity contribution < 1.29 is 9.59 Å². The zero-order valence-electron chi connectivity index (χ0n) is 54.4. The van der Waals surface area contributed by atoms with Crippen molar-refractivity contribution in [3.63, 3.8) is 0 Å². The smallest absolute Gasteiger partial charge is 0.194 e. The predicted octanol–water partition coefficient (Wildman–Crippen LogP) is 21.9. The summed E-state index contributed by atoms with van der Waals surface area (Å²) in [7, 11) is 0. The van der Waals surface area contributed by atoms with Gasteiger partial charge in [-0.15, -0.1) is 34.0 Å². The number of nitrogens with zero attached hydrogens (tertiary/aromatic N) is 8. The Bertz CT molecular complexity index is 6420.